The van der Waals surface area contributed by atoms with Gasteiger partial charge in [0.2, 0.25) is 0 Å². The predicted octanol–water partition coefficient (Wildman–Crippen LogP) is -2.10. The van der Waals surface area contributed by atoms with Crippen molar-refractivity contribution in [2.24, 2.45) is 5.92 Å². The molecule has 3 nitrogen and oxygen atoms in total. The normalized spacial score (nSPS) is 19.2. The maximum absolute atomic E-state index is 11.7. The number of halogens is 1. The van der Waals surface area contributed by atoms with Crippen LogP contribution in [0.4, 0.5) is 0 Å². The lowest BCUT2D eigenvalue weighted by Crippen LogP contribution is -3.10. The number of hydrogen-bond acceptors (Lipinski definition) is 2. The van der Waals surface area contributed by atoms with Gasteiger partial charge in [0, 0.05) is 18.8 Å². The standard InChI is InChI=1S/C15H21NO2.ClH/c17-15(13-14-7-3-1-2-4-8-14)18-12-11-16-9-5-6-10-16;/h1-4,7-8,14H,5-6,9-13H2;1H. The number of nitrogens with one attached hydrogen (secondary N) is 1. The smallest absolute Gasteiger partial charge is 0.306 e. The highest BCUT2D eigenvalue weighted by atomic mass is 35.5. The van der Waals surface area contributed by atoms with E-state index in [1.165, 1.54) is 25.9 Å². The maximum Gasteiger partial charge on any atom is 0.306 e. The van der Waals surface area contributed by atoms with E-state index in [4.69, 9.17) is 4.74 Å². The number of allylic oxidation sites excluding steroid dienone is 6. The molecule has 1 N–H and O–H groups in total. The lowest BCUT2D eigenvalue weighted by atomic mass is 10.1. The Balaban J connectivity index is 0.00000180. The van der Waals surface area contributed by atoms with E-state index in [2.05, 4.69) is 0 Å². The van der Waals surface area contributed by atoms with Gasteiger partial charge in [-0.05, 0) is 0 Å². The lowest BCUT2D eigenvalue weighted by molar-refractivity contribution is -0.887. The Labute approximate surface area is 121 Å². The molecule has 1 fully saturated rings. The first-order chi connectivity index (χ1) is 8.84. The molecule has 1 heterocycles. The number of ether oxygens (including phenoxy) is 1. The minimum atomic E-state index is -0.0882. The molecule has 0 unspecified atom stereocenters. The largest absolute Gasteiger partial charge is 1.00 e. The molecule has 0 aromatic heterocycles. The van der Waals surface area contributed by atoms with Crippen molar-refractivity contribution in [2.75, 3.05) is 26.2 Å². The molecular weight excluding hydrogens is 262 g/mol. The Bertz CT molecular complexity index is 341. The van der Waals surface area contributed by atoms with E-state index >= 15 is 0 Å². The number of carbonyl (C=O) groups is 1. The molecule has 0 saturated carbocycles. The molecule has 19 heavy (non-hydrogen) atoms. The van der Waals surface area contributed by atoms with Gasteiger partial charge in [-0.1, -0.05) is 36.5 Å². The number of likely N-dealkylation sites (tertiary alicyclic amines) is 1. The van der Waals surface area contributed by atoms with Crippen molar-refractivity contribution < 1.29 is 26.8 Å². The van der Waals surface area contributed by atoms with Crippen LogP contribution < -0.4 is 17.3 Å². The van der Waals surface area contributed by atoms with Crippen LogP contribution in [0.25, 0.3) is 0 Å². The van der Waals surface area contributed by atoms with Crippen molar-refractivity contribution in [1.29, 1.82) is 0 Å². The summed E-state index contributed by atoms with van der Waals surface area (Å²) in [6.45, 7) is 3.99. The Morgan fingerprint density at radius 3 is 2.37 bits per heavy atom. The third-order valence-corrected chi connectivity index (χ3v) is 3.48. The molecule has 0 aromatic rings. The van der Waals surface area contributed by atoms with Crippen LogP contribution in [0.5, 0.6) is 0 Å². The SMILES string of the molecule is O=C(CC1C=CC=CC=C1)OCC[NH+]1CCCC1.[Cl-]. The molecule has 106 valence electrons. The summed E-state index contributed by atoms with van der Waals surface area (Å²) in [5.41, 5.74) is 0. The quantitative estimate of drug-likeness (QED) is 0.586. The molecule has 0 bridgehead atoms. The van der Waals surface area contributed by atoms with Crippen molar-refractivity contribution >= 4 is 5.97 Å². The summed E-state index contributed by atoms with van der Waals surface area (Å²) in [5.74, 6) is 0.0847. The summed E-state index contributed by atoms with van der Waals surface area (Å²) in [7, 11) is 0. The van der Waals surface area contributed by atoms with Gasteiger partial charge < -0.3 is 22.0 Å². The lowest BCUT2D eigenvalue weighted by Gasteiger charge is -2.12. The highest BCUT2D eigenvalue weighted by molar-refractivity contribution is 5.70. The minimum absolute atomic E-state index is 0. The molecule has 1 aliphatic heterocycles. The fourth-order valence-corrected chi connectivity index (χ4v) is 2.43. The van der Waals surface area contributed by atoms with Crippen LogP contribution in [0.3, 0.4) is 0 Å². The van der Waals surface area contributed by atoms with Crippen molar-refractivity contribution in [3.63, 3.8) is 0 Å². The summed E-state index contributed by atoms with van der Waals surface area (Å²) in [4.78, 5) is 13.2. The van der Waals surface area contributed by atoms with Crippen LogP contribution >= 0.6 is 0 Å². The van der Waals surface area contributed by atoms with Gasteiger partial charge in [-0.2, -0.15) is 0 Å². The molecular formula is C15H22ClNO2. The highest BCUT2D eigenvalue weighted by Crippen LogP contribution is 2.11. The molecule has 4 heteroatoms. The number of quaternary nitrogens is 1. The average Bonchev–Trinajstić information content (AvgIpc) is 2.74. The zero-order chi connectivity index (χ0) is 12.6. The Hall–Kier alpha value is -1.06. The molecule has 2 aliphatic rings. The van der Waals surface area contributed by atoms with Crippen LogP contribution in [-0.2, 0) is 9.53 Å². The van der Waals surface area contributed by atoms with E-state index in [0.29, 0.717) is 13.0 Å². The molecule has 0 radical (unpaired) electrons. The molecule has 2 rings (SSSR count). The van der Waals surface area contributed by atoms with E-state index in [1.807, 2.05) is 36.5 Å². The van der Waals surface area contributed by atoms with Gasteiger partial charge in [0.15, 0.2) is 0 Å². The van der Waals surface area contributed by atoms with Crippen molar-refractivity contribution in [3.8, 4) is 0 Å². The molecule has 0 amide bonds. The van der Waals surface area contributed by atoms with Crippen LogP contribution in [0, 0.1) is 5.92 Å². The topological polar surface area (TPSA) is 30.7 Å². The van der Waals surface area contributed by atoms with Crippen LogP contribution in [0.2, 0.25) is 0 Å². The van der Waals surface area contributed by atoms with Gasteiger partial charge in [0.05, 0.1) is 19.5 Å². The highest BCUT2D eigenvalue weighted by Gasteiger charge is 2.16. The predicted molar refractivity (Wildman–Crippen MR) is 71.3 cm³/mol. The summed E-state index contributed by atoms with van der Waals surface area (Å²) in [5, 5.41) is 0. The summed E-state index contributed by atoms with van der Waals surface area (Å²) in [6.07, 6.45) is 15.0. The number of rotatable bonds is 5. The first-order valence-corrected chi connectivity index (χ1v) is 6.85. The first kappa shape index (κ1) is 16.0. The fourth-order valence-electron chi connectivity index (χ4n) is 2.43. The van der Waals surface area contributed by atoms with E-state index in [-0.39, 0.29) is 24.3 Å². The van der Waals surface area contributed by atoms with Crippen molar-refractivity contribution in [1.82, 2.24) is 0 Å². The van der Waals surface area contributed by atoms with Crippen molar-refractivity contribution in [2.45, 2.75) is 19.3 Å². The number of esters is 1. The second-order valence-corrected chi connectivity index (χ2v) is 4.95. The summed E-state index contributed by atoms with van der Waals surface area (Å²) < 4.78 is 5.30. The third-order valence-electron chi connectivity index (χ3n) is 3.48. The van der Waals surface area contributed by atoms with Crippen LogP contribution in [0.15, 0.2) is 36.5 Å². The Morgan fingerprint density at radius 2 is 1.74 bits per heavy atom. The van der Waals surface area contributed by atoms with Crippen molar-refractivity contribution in [3.05, 3.63) is 36.5 Å². The van der Waals surface area contributed by atoms with E-state index < -0.39 is 0 Å². The fraction of sp³-hybridized carbons (Fsp3) is 0.533. The van der Waals surface area contributed by atoms with Gasteiger partial charge >= 0.3 is 5.97 Å². The van der Waals surface area contributed by atoms with Crippen LogP contribution in [0.1, 0.15) is 19.3 Å². The van der Waals surface area contributed by atoms with E-state index in [1.54, 1.807) is 4.90 Å². The number of carbonyl (C=O) groups excluding carboxylic acids is 1. The Morgan fingerprint density at radius 1 is 1.11 bits per heavy atom. The second kappa shape index (κ2) is 8.94. The van der Waals surface area contributed by atoms with Gasteiger partial charge in [0.25, 0.3) is 0 Å². The molecule has 1 saturated heterocycles. The van der Waals surface area contributed by atoms with E-state index in [0.717, 1.165) is 6.54 Å². The zero-order valence-electron chi connectivity index (χ0n) is 11.2. The average molecular weight is 284 g/mol. The number of hydrogen-bond donors (Lipinski definition) is 1. The third kappa shape index (κ3) is 6.08. The maximum atomic E-state index is 11.7. The second-order valence-electron chi connectivity index (χ2n) is 4.95. The molecule has 0 spiro atoms. The molecule has 0 atom stereocenters. The minimum Gasteiger partial charge on any atom is -1.00 e. The first-order valence-electron chi connectivity index (χ1n) is 6.85. The van der Waals surface area contributed by atoms with Gasteiger partial charge in [0.1, 0.15) is 13.2 Å². The molecule has 1 aliphatic carbocycles. The van der Waals surface area contributed by atoms with Gasteiger partial charge in [-0.25, -0.2) is 0 Å². The van der Waals surface area contributed by atoms with Crippen LogP contribution in [-0.4, -0.2) is 32.2 Å². The monoisotopic (exact) mass is 283 g/mol. The van der Waals surface area contributed by atoms with E-state index in [9.17, 15) is 4.79 Å². The van der Waals surface area contributed by atoms with Gasteiger partial charge in [-0.15, -0.1) is 0 Å². The summed E-state index contributed by atoms with van der Waals surface area (Å²) in [6, 6.07) is 0. The molecule has 0 aromatic carbocycles. The summed E-state index contributed by atoms with van der Waals surface area (Å²) >= 11 is 0. The Kier molecular flexibility index (Phi) is 7.53. The van der Waals surface area contributed by atoms with Gasteiger partial charge in [-0.3, -0.25) is 4.79 Å². The zero-order valence-corrected chi connectivity index (χ0v) is 11.9.